The molecule has 7 nitrogen and oxygen atoms in total. The van der Waals surface area contributed by atoms with Gasteiger partial charge in [-0.2, -0.15) is 0 Å². The highest BCUT2D eigenvalue weighted by molar-refractivity contribution is 7.08. The minimum atomic E-state index is -0.211. The molecule has 1 fully saturated rings. The third-order valence-electron chi connectivity index (χ3n) is 3.87. The fraction of sp³-hybridized carbons (Fsp3) is 0.714. The summed E-state index contributed by atoms with van der Waals surface area (Å²) >= 11 is 1.15. The Morgan fingerprint density at radius 3 is 2.82 bits per heavy atom. The molecule has 1 aromatic heterocycles. The lowest BCUT2D eigenvalue weighted by Gasteiger charge is -2.22. The van der Waals surface area contributed by atoms with Crippen molar-refractivity contribution >= 4 is 23.3 Å². The summed E-state index contributed by atoms with van der Waals surface area (Å²) in [4.78, 5) is 29.2. The Morgan fingerprint density at radius 2 is 2.14 bits per heavy atom. The number of hydrogen-bond acceptors (Lipinski definition) is 6. The van der Waals surface area contributed by atoms with Crippen LogP contribution in [0, 0.1) is 5.92 Å². The number of likely N-dealkylation sites (N-methyl/N-ethyl adjacent to an activating group) is 1. The summed E-state index contributed by atoms with van der Waals surface area (Å²) in [6.07, 6.45) is 1.68. The lowest BCUT2D eigenvalue weighted by molar-refractivity contribution is -0.125. The van der Waals surface area contributed by atoms with Crippen molar-refractivity contribution < 1.29 is 9.59 Å². The van der Waals surface area contributed by atoms with Gasteiger partial charge in [-0.05, 0) is 25.0 Å². The first-order valence-electron chi connectivity index (χ1n) is 7.57. The summed E-state index contributed by atoms with van der Waals surface area (Å²) < 4.78 is 3.92. The van der Waals surface area contributed by atoms with Gasteiger partial charge in [0.2, 0.25) is 5.91 Å². The molecule has 122 valence electrons. The molecule has 1 atom stereocenters. The van der Waals surface area contributed by atoms with E-state index in [2.05, 4.69) is 26.7 Å². The Bertz CT molecular complexity index is 533. The summed E-state index contributed by atoms with van der Waals surface area (Å²) in [6.45, 7) is 4.52. The molecule has 0 bridgehead atoms. The quantitative estimate of drug-likeness (QED) is 0.858. The van der Waals surface area contributed by atoms with E-state index in [4.69, 9.17) is 0 Å². The molecule has 1 aliphatic heterocycles. The predicted octanol–water partition coefficient (Wildman–Crippen LogP) is 0.240. The van der Waals surface area contributed by atoms with Crippen LogP contribution in [0.25, 0.3) is 0 Å². The Morgan fingerprint density at radius 1 is 1.36 bits per heavy atom. The van der Waals surface area contributed by atoms with E-state index < -0.39 is 0 Å². The van der Waals surface area contributed by atoms with E-state index in [1.54, 1.807) is 11.9 Å². The highest BCUT2D eigenvalue weighted by Gasteiger charge is 2.30. The number of carbonyl (C=O) groups is 2. The van der Waals surface area contributed by atoms with Gasteiger partial charge in [-0.25, -0.2) is 0 Å². The van der Waals surface area contributed by atoms with Crippen LogP contribution in [0.1, 0.15) is 28.7 Å². The van der Waals surface area contributed by atoms with Crippen molar-refractivity contribution in [1.29, 1.82) is 0 Å². The van der Waals surface area contributed by atoms with Crippen LogP contribution in [0.5, 0.6) is 0 Å². The first-order valence-corrected chi connectivity index (χ1v) is 8.34. The molecule has 0 aliphatic carbocycles. The lowest BCUT2D eigenvalue weighted by atomic mass is 10.1. The SMILES string of the molecule is CCCc1nnsc1C(=O)N1CCN(C)CC(C(=O)NC)C1. The number of nitrogens with one attached hydrogen (secondary N) is 1. The maximum atomic E-state index is 12.8. The molecule has 2 rings (SSSR count). The van der Waals surface area contributed by atoms with Crippen molar-refractivity contribution in [2.75, 3.05) is 40.3 Å². The molecule has 1 N–H and O–H groups in total. The van der Waals surface area contributed by atoms with Crippen LogP contribution in [0.15, 0.2) is 0 Å². The molecule has 0 spiro atoms. The van der Waals surface area contributed by atoms with Gasteiger partial charge in [-0.15, -0.1) is 5.10 Å². The van der Waals surface area contributed by atoms with Gasteiger partial charge in [-0.3, -0.25) is 9.59 Å². The summed E-state index contributed by atoms with van der Waals surface area (Å²) in [5.41, 5.74) is 0.770. The molecular formula is C14H23N5O2S. The number of aryl methyl sites for hydroxylation is 1. The standard InChI is InChI=1S/C14H23N5O2S/c1-4-5-11-12(22-17-16-11)14(21)19-7-6-18(3)8-10(9-19)13(20)15-2/h10H,4-9H2,1-3H3,(H,15,20). The number of nitrogens with zero attached hydrogens (tertiary/aromatic N) is 4. The monoisotopic (exact) mass is 325 g/mol. The van der Waals surface area contributed by atoms with Crippen LogP contribution in [0.3, 0.4) is 0 Å². The van der Waals surface area contributed by atoms with Gasteiger partial charge in [0.25, 0.3) is 5.91 Å². The van der Waals surface area contributed by atoms with Gasteiger partial charge in [0.05, 0.1) is 11.6 Å². The van der Waals surface area contributed by atoms with Crippen LogP contribution in [0.4, 0.5) is 0 Å². The second kappa shape index (κ2) is 7.64. The number of hydrogen-bond donors (Lipinski definition) is 1. The van der Waals surface area contributed by atoms with Crippen molar-refractivity contribution in [1.82, 2.24) is 24.7 Å². The fourth-order valence-electron chi connectivity index (χ4n) is 2.64. The summed E-state index contributed by atoms with van der Waals surface area (Å²) in [6, 6.07) is 0. The molecular weight excluding hydrogens is 302 g/mol. The predicted molar refractivity (Wildman–Crippen MR) is 84.9 cm³/mol. The molecule has 8 heteroatoms. The Labute approximate surface area is 134 Å². The zero-order valence-corrected chi connectivity index (χ0v) is 14.2. The molecule has 2 amide bonds. The van der Waals surface area contributed by atoms with Crippen molar-refractivity contribution in [3.05, 3.63) is 10.6 Å². The van der Waals surface area contributed by atoms with Crippen molar-refractivity contribution in [3.8, 4) is 0 Å². The molecule has 1 aromatic rings. The van der Waals surface area contributed by atoms with Crippen molar-refractivity contribution in [2.45, 2.75) is 19.8 Å². The first kappa shape index (κ1) is 16.8. The third-order valence-corrected chi connectivity index (χ3v) is 4.62. The molecule has 1 saturated heterocycles. The van der Waals surface area contributed by atoms with E-state index >= 15 is 0 Å². The zero-order valence-electron chi connectivity index (χ0n) is 13.3. The van der Waals surface area contributed by atoms with E-state index in [1.807, 2.05) is 7.05 Å². The van der Waals surface area contributed by atoms with Crippen LogP contribution in [-0.4, -0.2) is 71.5 Å². The number of amides is 2. The van der Waals surface area contributed by atoms with E-state index in [0.717, 1.165) is 36.6 Å². The normalized spacial score (nSPS) is 19.8. The smallest absolute Gasteiger partial charge is 0.267 e. The van der Waals surface area contributed by atoms with Gasteiger partial charge >= 0.3 is 0 Å². The van der Waals surface area contributed by atoms with Crippen LogP contribution in [0.2, 0.25) is 0 Å². The minimum Gasteiger partial charge on any atom is -0.359 e. The highest BCUT2D eigenvalue weighted by atomic mass is 32.1. The molecule has 1 unspecified atom stereocenters. The van der Waals surface area contributed by atoms with E-state index in [0.29, 0.717) is 24.5 Å². The Kier molecular flexibility index (Phi) is 5.84. The van der Waals surface area contributed by atoms with Crippen LogP contribution in [-0.2, 0) is 11.2 Å². The second-order valence-corrected chi connectivity index (χ2v) is 6.38. The van der Waals surface area contributed by atoms with Gasteiger partial charge in [0.15, 0.2) is 0 Å². The molecule has 22 heavy (non-hydrogen) atoms. The summed E-state index contributed by atoms with van der Waals surface area (Å²) in [5.74, 6) is -0.289. The minimum absolute atomic E-state index is 0.0252. The van der Waals surface area contributed by atoms with Gasteiger partial charge in [0, 0.05) is 33.2 Å². The lowest BCUT2D eigenvalue weighted by Crippen LogP contribution is -2.41. The zero-order chi connectivity index (χ0) is 16.1. The molecule has 0 saturated carbocycles. The van der Waals surface area contributed by atoms with Gasteiger partial charge < -0.3 is 15.1 Å². The Balaban J connectivity index is 2.16. The van der Waals surface area contributed by atoms with Crippen LogP contribution < -0.4 is 5.32 Å². The van der Waals surface area contributed by atoms with Crippen LogP contribution >= 0.6 is 11.5 Å². The largest absolute Gasteiger partial charge is 0.359 e. The highest BCUT2D eigenvalue weighted by Crippen LogP contribution is 2.18. The molecule has 0 aromatic carbocycles. The first-order chi connectivity index (χ1) is 10.6. The number of rotatable bonds is 4. The number of aromatic nitrogens is 2. The molecule has 2 heterocycles. The third kappa shape index (κ3) is 3.80. The molecule has 0 radical (unpaired) electrons. The van der Waals surface area contributed by atoms with Gasteiger partial charge in [0.1, 0.15) is 4.88 Å². The maximum absolute atomic E-state index is 12.8. The molecule has 1 aliphatic rings. The van der Waals surface area contributed by atoms with E-state index in [-0.39, 0.29) is 17.7 Å². The maximum Gasteiger partial charge on any atom is 0.267 e. The average molecular weight is 325 g/mol. The Hall–Kier alpha value is -1.54. The van der Waals surface area contributed by atoms with E-state index in [9.17, 15) is 9.59 Å². The average Bonchev–Trinajstić information content (AvgIpc) is 2.88. The number of carbonyl (C=O) groups excluding carboxylic acids is 2. The van der Waals surface area contributed by atoms with Crippen molar-refractivity contribution in [2.24, 2.45) is 5.92 Å². The second-order valence-electron chi connectivity index (χ2n) is 5.62. The van der Waals surface area contributed by atoms with Gasteiger partial charge in [-0.1, -0.05) is 17.8 Å². The fourth-order valence-corrected chi connectivity index (χ4v) is 3.32. The summed E-state index contributed by atoms with van der Waals surface area (Å²) in [5, 5.41) is 6.75. The topological polar surface area (TPSA) is 78.4 Å². The van der Waals surface area contributed by atoms with Crippen molar-refractivity contribution in [3.63, 3.8) is 0 Å². The van der Waals surface area contributed by atoms with E-state index in [1.165, 1.54) is 0 Å². The summed E-state index contributed by atoms with van der Waals surface area (Å²) in [7, 11) is 3.60.